The summed E-state index contributed by atoms with van der Waals surface area (Å²) >= 11 is 0. The number of ether oxygens (including phenoxy) is 1. The maximum Gasteiger partial charge on any atom is 0.324 e. The molecule has 3 nitrogen and oxygen atoms in total. The molecule has 0 fully saturated rings. The molecular formula is C13H12N2O. The fraction of sp³-hybridized carbons (Fsp3) is 0.154. The molecule has 80 valence electrons. The molecule has 0 bridgehead atoms. The van der Waals surface area contributed by atoms with Crippen molar-refractivity contribution in [3.05, 3.63) is 59.7 Å². The first-order chi connectivity index (χ1) is 7.85. The molecule has 1 aliphatic rings. The van der Waals surface area contributed by atoms with E-state index in [1.54, 1.807) is 7.11 Å². The zero-order chi connectivity index (χ0) is 11.4. The molecular weight excluding hydrogens is 200 g/mol. The van der Waals surface area contributed by atoms with Gasteiger partial charge < -0.3 is 10.3 Å². The van der Waals surface area contributed by atoms with E-state index in [-0.39, 0.29) is 6.10 Å². The average molecular weight is 212 g/mol. The lowest BCUT2D eigenvalue weighted by Gasteiger charge is -2.10. The molecule has 3 heteroatoms. The summed E-state index contributed by atoms with van der Waals surface area (Å²) in [5.74, 6) is 0. The highest BCUT2D eigenvalue weighted by atomic mass is 16.5. The van der Waals surface area contributed by atoms with Crippen LogP contribution < -0.4 is 0 Å². The quantitative estimate of drug-likeness (QED) is 0.548. The second kappa shape index (κ2) is 4.71. The van der Waals surface area contributed by atoms with E-state index in [1.807, 2.05) is 48.6 Å². The standard InChI is InChI=1S/C13H12N2O/c1-16-13-8-7-11(9-12(13)15-14)10-5-3-2-4-6-10/h2-9,13H,1H3. The van der Waals surface area contributed by atoms with Crippen LogP contribution in [0.15, 0.2) is 48.6 Å². The number of nitrogens with zero attached hydrogens (tertiary/aromatic N) is 2. The van der Waals surface area contributed by atoms with Crippen LogP contribution in [0.25, 0.3) is 11.1 Å². The van der Waals surface area contributed by atoms with Crippen LogP contribution in [0.1, 0.15) is 5.56 Å². The first-order valence-electron chi connectivity index (χ1n) is 5.05. The monoisotopic (exact) mass is 212 g/mol. The number of methoxy groups -OCH3 is 1. The van der Waals surface area contributed by atoms with Crippen LogP contribution in [0.3, 0.4) is 0 Å². The van der Waals surface area contributed by atoms with Crippen molar-refractivity contribution in [1.82, 2.24) is 0 Å². The van der Waals surface area contributed by atoms with Crippen LogP contribution in [0.5, 0.6) is 0 Å². The lowest BCUT2D eigenvalue weighted by molar-refractivity contribution is -0.0183. The van der Waals surface area contributed by atoms with Crippen molar-refractivity contribution < 1.29 is 9.53 Å². The van der Waals surface area contributed by atoms with Gasteiger partial charge in [-0.05, 0) is 17.2 Å². The van der Waals surface area contributed by atoms with Crippen LogP contribution >= 0.6 is 0 Å². The normalized spacial score (nSPS) is 19.2. The molecule has 1 aromatic carbocycles. The highest BCUT2D eigenvalue weighted by Crippen LogP contribution is 2.20. The fourth-order valence-electron chi connectivity index (χ4n) is 1.67. The molecule has 0 heterocycles. The zero-order valence-corrected chi connectivity index (χ0v) is 9.00. The highest BCUT2D eigenvalue weighted by molar-refractivity contribution is 6.05. The Hall–Kier alpha value is -1.96. The molecule has 2 rings (SSSR count). The van der Waals surface area contributed by atoms with Crippen LogP contribution in [-0.4, -0.2) is 23.7 Å². The Balaban J connectivity index is 2.37. The molecule has 0 N–H and O–H groups in total. The predicted molar refractivity (Wildman–Crippen MR) is 63.0 cm³/mol. The summed E-state index contributed by atoms with van der Waals surface area (Å²) in [5.41, 5.74) is 11.5. The van der Waals surface area contributed by atoms with Crippen LogP contribution in [0.4, 0.5) is 0 Å². The Kier molecular flexibility index (Phi) is 3.10. The summed E-state index contributed by atoms with van der Waals surface area (Å²) in [4.78, 5) is 3.24. The van der Waals surface area contributed by atoms with E-state index >= 15 is 0 Å². The van der Waals surface area contributed by atoms with E-state index in [2.05, 4.69) is 4.79 Å². The third-order valence-electron chi connectivity index (χ3n) is 2.52. The number of hydrogen-bond acceptors (Lipinski definition) is 1. The molecule has 0 spiro atoms. The first kappa shape index (κ1) is 10.6. The third kappa shape index (κ3) is 2.01. The second-order valence-corrected chi connectivity index (χ2v) is 3.51. The van der Waals surface area contributed by atoms with Crippen molar-refractivity contribution in [3.63, 3.8) is 0 Å². The maximum absolute atomic E-state index is 8.89. The van der Waals surface area contributed by atoms with Crippen molar-refractivity contribution in [1.29, 1.82) is 0 Å². The van der Waals surface area contributed by atoms with Gasteiger partial charge in [0.15, 0.2) is 6.10 Å². The molecule has 1 aliphatic carbocycles. The molecule has 0 aromatic heterocycles. The minimum atomic E-state index is -0.266. The first-order valence-corrected chi connectivity index (χ1v) is 5.05. The summed E-state index contributed by atoms with van der Waals surface area (Å²) < 4.78 is 5.16. The Labute approximate surface area is 94.3 Å². The molecule has 0 radical (unpaired) electrons. The topological polar surface area (TPSA) is 45.6 Å². The van der Waals surface area contributed by atoms with Gasteiger partial charge >= 0.3 is 5.71 Å². The second-order valence-electron chi connectivity index (χ2n) is 3.51. The Bertz CT molecular complexity index is 482. The Morgan fingerprint density at radius 2 is 2.00 bits per heavy atom. The summed E-state index contributed by atoms with van der Waals surface area (Å²) in [6.07, 6.45) is 5.40. The zero-order valence-electron chi connectivity index (χ0n) is 9.00. The van der Waals surface area contributed by atoms with Crippen molar-refractivity contribution in [3.8, 4) is 0 Å². The van der Waals surface area contributed by atoms with Gasteiger partial charge in [0.05, 0.1) is 0 Å². The van der Waals surface area contributed by atoms with Crippen LogP contribution in [0, 0.1) is 0 Å². The summed E-state index contributed by atoms with van der Waals surface area (Å²) in [5, 5.41) is 0. The van der Waals surface area contributed by atoms with Gasteiger partial charge in [-0.1, -0.05) is 36.4 Å². The lowest BCUT2D eigenvalue weighted by atomic mass is 9.97. The predicted octanol–water partition coefficient (Wildman–Crippen LogP) is 2.33. The van der Waals surface area contributed by atoms with E-state index in [1.165, 1.54) is 0 Å². The molecule has 16 heavy (non-hydrogen) atoms. The van der Waals surface area contributed by atoms with Gasteiger partial charge in [0.1, 0.15) is 0 Å². The van der Waals surface area contributed by atoms with Crippen molar-refractivity contribution >= 4 is 11.3 Å². The molecule has 1 aromatic rings. The molecule has 0 saturated heterocycles. The molecule has 1 atom stereocenters. The van der Waals surface area contributed by atoms with Crippen molar-refractivity contribution in [2.24, 2.45) is 0 Å². The van der Waals surface area contributed by atoms with Crippen molar-refractivity contribution in [2.45, 2.75) is 6.10 Å². The maximum atomic E-state index is 8.89. The number of allylic oxidation sites excluding steroid dienone is 2. The van der Waals surface area contributed by atoms with E-state index < -0.39 is 0 Å². The van der Waals surface area contributed by atoms with Crippen molar-refractivity contribution in [2.75, 3.05) is 7.11 Å². The van der Waals surface area contributed by atoms with Crippen LogP contribution in [0.2, 0.25) is 0 Å². The number of rotatable bonds is 2. The number of benzene rings is 1. The SMILES string of the molecule is COC1C=CC(c2ccccc2)=CC1=[N+]=[N-]. The number of hydrogen-bond donors (Lipinski definition) is 0. The van der Waals surface area contributed by atoms with Gasteiger partial charge in [-0.25, -0.2) is 0 Å². The Morgan fingerprint density at radius 3 is 2.62 bits per heavy atom. The lowest BCUT2D eigenvalue weighted by Crippen LogP contribution is -2.22. The smallest absolute Gasteiger partial charge is 0.324 e. The minimum absolute atomic E-state index is 0.266. The molecule has 0 aliphatic heterocycles. The highest BCUT2D eigenvalue weighted by Gasteiger charge is 2.22. The van der Waals surface area contributed by atoms with Crippen LogP contribution in [-0.2, 0) is 4.74 Å². The van der Waals surface area contributed by atoms with Gasteiger partial charge in [0, 0.05) is 13.2 Å². The van der Waals surface area contributed by atoms with Gasteiger partial charge in [-0.3, -0.25) is 0 Å². The third-order valence-corrected chi connectivity index (χ3v) is 2.52. The minimum Gasteiger partial charge on any atom is -0.365 e. The molecule has 1 unspecified atom stereocenters. The molecule has 0 amide bonds. The Morgan fingerprint density at radius 1 is 1.25 bits per heavy atom. The summed E-state index contributed by atoms with van der Waals surface area (Å²) in [6, 6.07) is 9.94. The van der Waals surface area contributed by atoms with Gasteiger partial charge in [-0.2, -0.15) is 4.79 Å². The van der Waals surface area contributed by atoms with E-state index in [4.69, 9.17) is 10.3 Å². The summed E-state index contributed by atoms with van der Waals surface area (Å²) in [6.45, 7) is 0. The van der Waals surface area contributed by atoms with E-state index in [9.17, 15) is 0 Å². The fourth-order valence-corrected chi connectivity index (χ4v) is 1.67. The van der Waals surface area contributed by atoms with E-state index in [0.29, 0.717) is 5.71 Å². The largest absolute Gasteiger partial charge is 0.365 e. The summed E-state index contributed by atoms with van der Waals surface area (Å²) in [7, 11) is 1.58. The molecule has 0 saturated carbocycles. The van der Waals surface area contributed by atoms with Gasteiger partial charge in [-0.15, -0.1) is 0 Å². The van der Waals surface area contributed by atoms with Gasteiger partial charge in [0.2, 0.25) is 0 Å². The van der Waals surface area contributed by atoms with E-state index in [0.717, 1.165) is 11.1 Å². The van der Waals surface area contributed by atoms with Gasteiger partial charge in [0.25, 0.3) is 0 Å². The average Bonchev–Trinajstić information content (AvgIpc) is 2.39.